The number of azide groups is 3. The molecule has 4 rings (SSSR count). The van der Waals surface area contributed by atoms with Gasteiger partial charge in [0.1, 0.15) is 37.9 Å². The van der Waals surface area contributed by atoms with Crippen molar-refractivity contribution in [3.05, 3.63) is 139 Å². The third-order valence-electron chi connectivity index (χ3n) is 10.0. The topological polar surface area (TPSA) is 247 Å². The van der Waals surface area contributed by atoms with Gasteiger partial charge in [-0.1, -0.05) is 106 Å². The smallest absolute Gasteiger partial charge is 0.323 e. The summed E-state index contributed by atoms with van der Waals surface area (Å²) < 4.78 is 17.5. The molecule has 19 heteroatoms. The molecule has 3 atom stereocenters. The van der Waals surface area contributed by atoms with Crippen molar-refractivity contribution in [1.29, 1.82) is 0 Å². The molecule has 60 heavy (non-hydrogen) atoms. The number of nitrogens with zero attached hydrogens (tertiary/aromatic N) is 12. The molecule has 0 radical (unpaired) electrons. The molecule has 0 bridgehead atoms. The molecule has 1 aliphatic rings. The minimum absolute atomic E-state index is 0.0106. The van der Waals surface area contributed by atoms with Crippen LogP contribution in [0.5, 0.6) is 0 Å². The van der Waals surface area contributed by atoms with Crippen molar-refractivity contribution >= 4 is 17.9 Å². The standard InChI is InChI=1S/C41H53N13O6/c42-49-46-19-16-36(39(55)58-30-33-10-4-1-5-11-33)52-24-22-45-23-25-53(37(17-20-47-50-43)40(56)59-31-34-12-6-2-7-13-34)27-29-54(28-26-52)38(18-21-48-51-44)41(57)60-32-35-14-8-3-9-15-35/h1-15,36-38,45H,16-32H2/t36-,37-,38-/m1/s1. The van der Waals surface area contributed by atoms with Crippen LogP contribution < -0.4 is 5.32 Å². The van der Waals surface area contributed by atoms with E-state index >= 15 is 0 Å². The van der Waals surface area contributed by atoms with Gasteiger partial charge in [0.05, 0.1) is 0 Å². The van der Waals surface area contributed by atoms with E-state index in [1.165, 1.54) is 0 Å². The van der Waals surface area contributed by atoms with Gasteiger partial charge in [-0.2, -0.15) is 0 Å². The maximum atomic E-state index is 14.0. The zero-order valence-corrected chi connectivity index (χ0v) is 33.7. The van der Waals surface area contributed by atoms with Gasteiger partial charge in [-0.15, -0.1) is 0 Å². The van der Waals surface area contributed by atoms with E-state index in [4.69, 9.17) is 30.8 Å². The first-order valence-electron chi connectivity index (χ1n) is 20.0. The molecular weight excluding hydrogens is 771 g/mol. The Kier molecular flexibility index (Phi) is 21.3. The predicted octanol–water partition coefficient (Wildman–Crippen LogP) is 5.93. The van der Waals surface area contributed by atoms with Crippen molar-refractivity contribution in [2.24, 2.45) is 15.3 Å². The van der Waals surface area contributed by atoms with Crippen LogP contribution in [0.2, 0.25) is 0 Å². The van der Waals surface area contributed by atoms with Crippen molar-refractivity contribution in [3.63, 3.8) is 0 Å². The molecule has 0 amide bonds. The van der Waals surface area contributed by atoms with Crippen LogP contribution in [0.1, 0.15) is 36.0 Å². The predicted molar refractivity (Wildman–Crippen MR) is 224 cm³/mol. The summed E-state index contributed by atoms with van der Waals surface area (Å²) in [6.07, 6.45) is 0.532. The Balaban J connectivity index is 1.64. The molecular formula is C41H53N13O6. The van der Waals surface area contributed by atoms with Gasteiger partial charge in [0.2, 0.25) is 0 Å². The lowest BCUT2D eigenvalue weighted by atomic mass is 10.1. The van der Waals surface area contributed by atoms with E-state index in [0.29, 0.717) is 26.2 Å². The van der Waals surface area contributed by atoms with Crippen LogP contribution in [0.4, 0.5) is 0 Å². The second-order valence-corrected chi connectivity index (χ2v) is 13.9. The highest BCUT2D eigenvalue weighted by atomic mass is 16.5. The second-order valence-electron chi connectivity index (χ2n) is 13.9. The highest BCUT2D eigenvalue weighted by Gasteiger charge is 2.33. The quantitative estimate of drug-likeness (QED) is 0.0436. The van der Waals surface area contributed by atoms with Crippen molar-refractivity contribution in [3.8, 4) is 0 Å². The van der Waals surface area contributed by atoms with E-state index < -0.39 is 36.0 Å². The molecule has 1 aliphatic heterocycles. The maximum absolute atomic E-state index is 14.0. The lowest BCUT2D eigenvalue weighted by Gasteiger charge is -2.38. The number of benzene rings is 3. The summed E-state index contributed by atoms with van der Waals surface area (Å²) in [5, 5.41) is 14.6. The van der Waals surface area contributed by atoms with Gasteiger partial charge in [0.15, 0.2) is 0 Å². The minimum atomic E-state index is -0.873. The van der Waals surface area contributed by atoms with Crippen LogP contribution in [-0.4, -0.2) is 123 Å². The number of rotatable bonds is 21. The number of ether oxygens (including phenoxy) is 3. The lowest BCUT2D eigenvalue weighted by molar-refractivity contribution is -0.155. The summed E-state index contributed by atoms with van der Waals surface area (Å²) in [6, 6.07) is 25.5. The van der Waals surface area contributed by atoms with Gasteiger partial charge in [-0.05, 0) is 52.5 Å². The first-order valence-corrected chi connectivity index (χ1v) is 20.0. The minimum Gasteiger partial charge on any atom is -0.460 e. The number of carbonyl (C=O) groups is 3. The Labute approximate surface area is 349 Å². The molecule has 0 aliphatic carbocycles. The Morgan fingerprint density at radius 1 is 0.500 bits per heavy atom. The number of nitrogens with one attached hydrogen (secondary N) is 1. The monoisotopic (exact) mass is 823 g/mol. The van der Waals surface area contributed by atoms with Gasteiger partial charge in [-0.3, -0.25) is 29.1 Å². The second kappa shape index (κ2) is 27.5. The van der Waals surface area contributed by atoms with Gasteiger partial charge in [0, 0.05) is 86.7 Å². The Morgan fingerprint density at radius 3 is 1.07 bits per heavy atom. The zero-order chi connectivity index (χ0) is 42.6. The molecule has 3 aromatic rings. The number of carbonyl (C=O) groups excluding carboxylic acids is 3. The van der Waals surface area contributed by atoms with Crippen LogP contribution in [0.3, 0.4) is 0 Å². The van der Waals surface area contributed by atoms with Crippen molar-refractivity contribution in [2.75, 3.05) is 72.0 Å². The fraction of sp³-hybridized carbons (Fsp3) is 0.488. The highest BCUT2D eigenvalue weighted by molar-refractivity contribution is 5.77. The molecule has 0 spiro atoms. The van der Waals surface area contributed by atoms with E-state index in [1.54, 1.807) is 0 Å². The molecule has 318 valence electrons. The van der Waals surface area contributed by atoms with Crippen LogP contribution in [0.25, 0.3) is 31.3 Å². The van der Waals surface area contributed by atoms with E-state index in [0.717, 1.165) is 16.7 Å². The zero-order valence-electron chi connectivity index (χ0n) is 33.7. The summed E-state index contributed by atoms with van der Waals surface area (Å²) in [6.45, 7) is 3.01. The van der Waals surface area contributed by atoms with Gasteiger partial charge < -0.3 is 19.5 Å². The number of hydrogen-bond acceptors (Lipinski definition) is 13. The summed E-state index contributed by atoms with van der Waals surface area (Å²) in [7, 11) is 0. The lowest BCUT2D eigenvalue weighted by Crippen LogP contribution is -2.55. The molecule has 0 unspecified atom stereocenters. The Morgan fingerprint density at radius 2 is 0.783 bits per heavy atom. The summed E-state index contributed by atoms with van der Waals surface area (Å²) in [5.74, 6) is -1.48. The summed E-state index contributed by atoms with van der Waals surface area (Å²) >= 11 is 0. The third kappa shape index (κ3) is 16.6. The average molecular weight is 824 g/mol. The van der Waals surface area contributed by atoms with Crippen molar-refractivity contribution in [2.45, 2.75) is 57.2 Å². The summed E-state index contributed by atoms with van der Waals surface area (Å²) in [5.41, 5.74) is 29.7. The molecule has 1 N–H and O–H groups in total. The van der Waals surface area contributed by atoms with Crippen molar-refractivity contribution in [1.82, 2.24) is 20.0 Å². The van der Waals surface area contributed by atoms with E-state index in [9.17, 15) is 14.4 Å². The molecule has 1 fully saturated rings. The van der Waals surface area contributed by atoms with Crippen LogP contribution in [-0.2, 0) is 48.4 Å². The van der Waals surface area contributed by atoms with Gasteiger partial charge in [0.25, 0.3) is 0 Å². The molecule has 1 saturated heterocycles. The normalized spacial score (nSPS) is 15.8. The van der Waals surface area contributed by atoms with Crippen molar-refractivity contribution < 1.29 is 28.6 Å². The fourth-order valence-corrected chi connectivity index (χ4v) is 6.85. The summed E-state index contributed by atoms with van der Waals surface area (Å²) in [4.78, 5) is 56.2. The molecule has 3 aromatic carbocycles. The van der Waals surface area contributed by atoms with Crippen LogP contribution in [0, 0.1) is 0 Å². The Hall–Kier alpha value is -6.16. The van der Waals surface area contributed by atoms with E-state index in [2.05, 4.69) is 35.4 Å². The first-order chi connectivity index (χ1) is 29.4. The van der Waals surface area contributed by atoms with E-state index in [1.807, 2.05) is 106 Å². The van der Waals surface area contributed by atoms with Crippen LogP contribution in [0.15, 0.2) is 106 Å². The van der Waals surface area contributed by atoms with E-state index in [-0.39, 0.29) is 84.9 Å². The number of esters is 3. The number of hydrogen-bond donors (Lipinski definition) is 1. The molecule has 19 nitrogen and oxygen atoms in total. The largest absolute Gasteiger partial charge is 0.460 e. The molecule has 0 saturated carbocycles. The average Bonchev–Trinajstić information content (AvgIpc) is 3.28. The molecule has 1 heterocycles. The molecule has 0 aromatic heterocycles. The van der Waals surface area contributed by atoms with Gasteiger partial charge >= 0.3 is 17.9 Å². The first kappa shape index (κ1) is 46.5. The third-order valence-corrected chi connectivity index (χ3v) is 10.0. The SMILES string of the molecule is [N-]=[N+]=NCC[C@H](C(=O)OCc1ccccc1)N1CCNCCN([C@H](CCN=[N+]=[N-])C(=O)OCc2ccccc2)CCN([C@H](CCN=[N+]=[N-])C(=O)OCc2ccccc2)CC1. The van der Waals surface area contributed by atoms with Crippen LogP contribution >= 0.6 is 0 Å². The fourth-order valence-electron chi connectivity index (χ4n) is 6.85. The maximum Gasteiger partial charge on any atom is 0.323 e. The highest BCUT2D eigenvalue weighted by Crippen LogP contribution is 2.17. The van der Waals surface area contributed by atoms with Gasteiger partial charge in [-0.25, -0.2) is 0 Å². The Bertz CT molecular complexity index is 1800.